The van der Waals surface area contributed by atoms with Gasteiger partial charge in [0.25, 0.3) is 0 Å². The van der Waals surface area contributed by atoms with Gasteiger partial charge in [-0.15, -0.1) is 5.10 Å². The summed E-state index contributed by atoms with van der Waals surface area (Å²) in [5.74, 6) is -2.34. The summed E-state index contributed by atoms with van der Waals surface area (Å²) >= 11 is 0. The van der Waals surface area contributed by atoms with Gasteiger partial charge in [-0.25, -0.2) is 14.1 Å². The molecule has 3 saturated heterocycles. The van der Waals surface area contributed by atoms with Gasteiger partial charge in [-0.05, 0) is 125 Å². The van der Waals surface area contributed by atoms with Gasteiger partial charge in [0, 0.05) is 88.7 Å². The zero-order chi connectivity index (χ0) is 61.3. The van der Waals surface area contributed by atoms with Gasteiger partial charge in [-0.1, -0.05) is 50.3 Å². The number of hydrogen-bond acceptors (Lipinski definition) is 20. The molecule has 20 atom stereocenters. The molecular formula is C61H100FN7O14. The SMILES string of the molecule is CC[C@H]1OC(=O)[C@H](C)[C@@H](O[C@H]2C[C@@](C)(OC)[C@@H](O)[C@H](C)O2)[C@H](C)[C@@H](O[C@@H]2O[C@H](C)C[C@H](N(C)CCc3cn([C@H](CF)[C@H](OC)c4ccc(-c5ccc(OCCCN(C)C)nc5)cc4)nn3)[C@H]2O)[C@](C)(O)C[C@@H](C)CN(C)[C@H](C)[C@@H](O)[C@]1(C)O. The summed E-state index contributed by atoms with van der Waals surface area (Å²) in [5, 5.41) is 68.9. The highest BCUT2D eigenvalue weighted by atomic mass is 19.1. The lowest BCUT2D eigenvalue weighted by Crippen LogP contribution is -2.61. The van der Waals surface area contributed by atoms with Crippen molar-refractivity contribution < 1.29 is 72.6 Å². The summed E-state index contributed by atoms with van der Waals surface area (Å²) in [6, 6.07) is 9.62. The summed E-state index contributed by atoms with van der Waals surface area (Å²) in [7, 11) is 10.8. The van der Waals surface area contributed by atoms with Crippen molar-refractivity contribution in [2.24, 2.45) is 17.8 Å². The number of benzene rings is 1. The highest BCUT2D eigenvalue weighted by molar-refractivity contribution is 5.73. The number of halogens is 1. The van der Waals surface area contributed by atoms with E-state index in [0.29, 0.717) is 44.1 Å². The molecule has 470 valence electrons. The molecule has 3 fully saturated rings. The maximum absolute atomic E-state index is 15.1. The predicted octanol–water partition coefficient (Wildman–Crippen LogP) is 5.40. The maximum atomic E-state index is 15.1. The molecule has 3 aromatic rings. The molecule has 5 heterocycles. The summed E-state index contributed by atoms with van der Waals surface area (Å²) in [4.78, 5) is 25.1. The lowest BCUT2D eigenvalue weighted by molar-refractivity contribution is -0.318. The smallest absolute Gasteiger partial charge is 0.311 e. The van der Waals surface area contributed by atoms with E-state index in [1.165, 1.54) is 18.7 Å². The number of nitrogens with zero attached hydrogens (tertiary/aromatic N) is 7. The number of hydrogen-bond donors (Lipinski definition) is 5. The number of carbonyl (C=O) groups excluding carboxylic acids is 1. The lowest BCUT2D eigenvalue weighted by Gasteiger charge is -2.49. The Kier molecular flexibility index (Phi) is 24.4. The van der Waals surface area contributed by atoms with Gasteiger partial charge in [-0.2, -0.15) is 0 Å². The number of esters is 1. The number of aromatic nitrogens is 4. The van der Waals surface area contributed by atoms with Crippen molar-refractivity contribution in [3.8, 4) is 17.0 Å². The van der Waals surface area contributed by atoms with E-state index >= 15 is 4.39 Å². The van der Waals surface area contributed by atoms with Crippen LogP contribution in [0.15, 0.2) is 48.8 Å². The molecule has 6 rings (SSSR count). The molecule has 2 aromatic heterocycles. The highest BCUT2D eigenvalue weighted by Gasteiger charge is 2.53. The van der Waals surface area contributed by atoms with Gasteiger partial charge in [0.05, 0.1) is 53.8 Å². The molecule has 0 saturated carbocycles. The van der Waals surface area contributed by atoms with Crippen LogP contribution in [0.4, 0.5) is 4.39 Å². The van der Waals surface area contributed by atoms with Crippen LogP contribution in [0.5, 0.6) is 5.88 Å². The van der Waals surface area contributed by atoms with Crippen molar-refractivity contribution in [3.63, 3.8) is 0 Å². The maximum Gasteiger partial charge on any atom is 0.311 e. The minimum Gasteiger partial charge on any atom is -0.478 e. The first-order valence-corrected chi connectivity index (χ1v) is 29.7. The number of ether oxygens (including phenoxy) is 8. The fraction of sp³-hybridized carbons (Fsp3) is 0.770. The monoisotopic (exact) mass is 1170 g/mol. The molecule has 0 spiro atoms. The third kappa shape index (κ3) is 16.8. The van der Waals surface area contributed by atoms with E-state index in [9.17, 15) is 30.3 Å². The zero-order valence-electron chi connectivity index (χ0n) is 52.1. The molecule has 0 bridgehead atoms. The van der Waals surface area contributed by atoms with Crippen LogP contribution in [0.25, 0.3) is 11.1 Å². The number of aliphatic hydroxyl groups excluding tert-OH is 3. The molecule has 22 heteroatoms. The van der Waals surface area contributed by atoms with Crippen LogP contribution in [0.1, 0.15) is 125 Å². The molecule has 3 aliphatic heterocycles. The van der Waals surface area contributed by atoms with Crippen molar-refractivity contribution in [2.75, 3.05) is 75.3 Å². The van der Waals surface area contributed by atoms with Crippen LogP contribution in [0.2, 0.25) is 0 Å². The van der Waals surface area contributed by atoms with Crippen molar-refractivity contribution in [1.29, 1.82) is 0 Å². The van der Waals surface area contributed by atoms with Crippen molar-refractivity contribution in [1.82, 2.24) is 34.7 Å². The fourth-order valence-electron chi connectivity index (χ4n) is 12.6. The number of methoxy groups -OCH3 is 2. The summed E-state index contributed by atoms with van der Waals surface area (Å²) in [6.07, 6.45) is -5.45. The summed E-state index contributed by atoms with van der Waals surface area (Å²) < 4.78 is 66.8. The second kappa shape index (κ2) is 29.7. The van der Waals surface area contributed by atoms with E-state index in [2.05, 4.69) is 20.2 Å². The van der Waals surface area contributed by atoms with Gasteiger partial charge in [0.1, 0.15) is 48.8 Å². The van der Waals surface area contributed by atoms with Crippen LogP contribution in [0.3, 0.4) is 0 Å². The standard InChI is InChI=1S/C61H100FN7O14/c1-17-48-61(10,75)54(71)40(6)68(14)34-36(2)30-59(8,74)56(38(4)52(39(5)57(73)81-48)82-50-31-60(9,77-16)55(72)41(7)80-50)83-58-51(70)46(29-37(3)79-58)67(13)27-25-45-35-69(65-64-45)47(32-62)53(76-15)43-21-19-42(20-22-43)44-23-24-49(63-33-44)78-28-18-26-66(11)12/h19-24,33,35-41,46-48,50-56,58,70-72,74-75H,17-18,25-32,34H2,1-16H3/t36-,37-,38+,39-,40-,41+,46+,47-,48-,50+,51-,52+,53-,54-,55+,56-,58+,59-,60-,61-/m1/s1. The molecule has 5 N–H and O–H groups in total. The molecule has 21 nitrogen and oxygen atoms in total. The second-order valence-corrected chi connectivity index (χ2v) is 25.0. The molecule has 1 aromatic carbocycles. The zero-order valence-corrected chi connectivity index (χ0v) is 52.1. The molecule has 0 unspecified atom stereocenters. The molecule has 83 heavy (non-hydrogen) atoms. The number of cyclic esters (lactones) is 1. The average molecular weight is 1170 g/mol. The number of pyridine rings is 1. The van der Waals surface area contributed by atoms with Crippen LogP contribution in [-0.4, -0.2) is 232 Å². The quantitative estimate of drug-likeness (QED) is 0.0662. The van der Waals surface area contributed by atoms with E-state index in [0.717, 1.165) is 29.7 Å². The van der Waals surface area contributed by atoms with Gasteiger partial charge >= 0.3 is 5.97 Å². The first-order valence-electron chi connectivity index (χ1n) is 29.7. The largest absolute Gasteiger partial charge is 0.478 e. The number of alkyl halides is 1. The Balaban J connectivity index is 1.21. The minimum atomic E-state index is -1.86. The third-order valence-electron chi connectivity index (χ3n) is 17.8. The lowest BCUT2D eigenvalue weighted by atomic mass is 9.77. The number of rotatable bonds is 21. The Morgan fingerprint density at radius 1 is 0.904 bits per heavy atom. The first kappa shape index (κ1) is 68.3. The number of likely N-dealkylation sites (N-methyl/N-ethyl adjacent to an activating group) is 2. The van der Waals surface area contributed by atoms with Crippen molar-refractivity contribution in [3.05, 3.63) is 60.0 Å². The second-order valence-electron chi connectivity index (χ2n) is 25.0. The predicted molar refractivity (Wildman–Crippen MR) is 310 cm³/mol. The van der Waals surface area contributed by atoms with Crippen LogP contribution in [-0.2, 0) is 44.4 Å². The molecule has 3 aliphatic rings. The van der Waals surface area contributed by atoms with E-state index < -0.39 is 127 Å². The van der Waals surface area contributed by atoms with E-state index in [1.807, 2.05) is 88.2 Å². The third-order valence-corrected chi connectivity index (χ3v) is 17.8. The first-order chi connectivity index (χ1) is 39.1. The molecule has 0 aliphatic carbocycles. The van der Waals surface area contributed by atoms with E-state index in [4.69, 9.17) is 37.9 Å². The topological polar surface area (TPSA) is 245 Å². The molecular weight excluding hydrogens is 1070 g/mol. The van der Waals surface area contributed by atoms with Gasteiger partial charge in [0.2, 0.25) is 5.88 Å². The molecule has 0 amide bonds. The van der Waals surface area contributed by atoms with Crippen LogP contribution >= 0.6 is 0 Å². The number of aliphatic hydroxyl groups is 5. The highest BCUT2D eigenvalue weighted by Crippen LogP contribution is 2.41. The Labute approximate surface area is 492 Å². The number of carbonyl (C=O) groups is 1. The van der Waals surface area contributed by atoms with Gasteiger partial charge in [0.15, 0.2) is 12.6 Å². The average Bonchev–Trinajstić information content (AvgIpc) is 3.93. The van der Waals surface area contributed by atoms with Crippen molar-refractivity contribution in [2.45, 2.75) is 210 Å². The van der Waals surface area contributed by atoms with Crippen molar-refractivity contribution >= 4 is 5.97 Å². The molecule has 0 radical (unpaired) electrons. The minimum absolute atomic E-state index is 0.0800. The fourth-order valence-corrected chi connectivity index (χ4v) is 12.6. The van der Waals surface area contributed by atoms with E-state index in [1.54, 1.807) is 68.0 Å². The van der Waals surface area contributed by atoms with Gasteiger partial charge < -0.3 is 78.1 Å². The summed E-state index contributed by atoms with van der Waals surface area (Å²) in [6.45, 7) is 19.0. The Morgan fingerprint density at radius 3 is 2.20 bits per heavy atom. The van der Waals surface area contributed by atoms with E-state index in [-0.39, 0.29) is 25.2 Å². The Hall–Kier alpha value is -3.85. The van der Waals surface area contributed by atoms with Gasteiger partial charge in [-0.3, -0.25) is 4.79 Å². The van der Waals surface area contributed by atoms with Crippen LogP contribution < -0.4 is 4.74 Å². The normalized spacial score (nSPS) is 36.3. The Bertz CT molecular complexity index is 2440. The van der Waals surface area contributed by atoms with Crippen LogP contribution in [0, 0.1) is 17.8 Å². The Morgan fingerprint density at radius 2 is 1.59 bits per heavy atom. The summed E-state index contributed by atoms with van der Waals surface area (Å²) in [5.41, 5.74) is -1.41.